The molecule has 23 heavy (non-hydrogen) atoms. The predicted octanol–water partition coefficient (Wildman–Crippen LogP) is 2.22. The third kappa shape index (κ3) is 3.82. The van der Waals surface area contributed by atoms with E-state index in [0.717, 1.165) is 49.8 Å². The van der Waals surface area contributed by atoms with Crippen molar-refractivity contribution in [2.75, 3.05) is 18.4 Å². The van der Waals surface area contributed by atoms with Gasteiger partial charge in [-0.1, -0.05) is 0 Å². The van der Waals surface area contributed by atoms with Gasteiger partial charge in [0.2, 0.25) is 0 Å². The molecule has 0 amide bonds. The van der Waals surface area contributed by atoms with E-state index in [0.29, 0.717) is 12.0 Å². The van der Waals surface area contributed by atoms with Gasteiger partial charge in [-0.05, 0) is 31.7 Å². The molecule has 120 valence electrons. The average Bonchev–Trinajstić information content (AvgIpc) is 3.43. The van der Waals surface area contributed by atoms with E-state index >= 15 is 0 Å². The summed E-state index contributed by atoms with van der Waals surface area (Å²) in [6.07, 6.45) is 11.9. The summed E-state index contributed by atoms with van der Waals surface area (Å²) in [4.78, 5) is 20.0. The van der Waals surface area contributed by atoms with Crippen molar-refractivity contribution in [2.45, 2.75) is 44.2 Å². The number of rotatable bonds is 5. The Kier molecular flexibility index (Phi) is 4.15. The van der Waals surface area contributed by atoms with E-state index in [-0.39, 0.29) is 0 Å². The number of hydrogen-bond donors (Lipinski definition) is 1. The molecular weight excluding hydrogens is 288 g/mol. The van der Waals surface area contributed by atoms with Gasteiger partial charge in [-0.25, -0.2) is 9.97 Å². The summed E-state index contributed by atoms with van der Waals surface area (Å²) >= 11 is 0. The van der Waals surface area contributed by atoms with Crippen LogP contribution >= 0.6 is 0 Å². The van der Waals surface area contributed by atoms with Crippen LogP contribution in [0.3, 0.4) is 0 Å². The zero-order valence-corrected chi connectivity index (χ0v) is 13.2. The lowest BCUT2D eigenvalue weighted by Gasteiger charge is -2.32. The number of nitrogens with zero attached hydrogens (tertiary/aromatic N) is 5. The third-order valence-electron chi connectivity index (χ3n) is 4.56. The second-order valence-electron chi connectivity index (χ2n) is 6.47. The van der Waals surface area contributed by atoms with Gasteiger partial charge in [0.1, 0.15) is 11.6 Å². The van der Waals surface area contributed by atoms with Crippen molar-refractivity contribution >= 4 is 5.82 Å². The summed E-state index contributed by atoms with van der Waals surface area (Å²) < 4.78 is 0. The summed E-state index contributed by atoms with van der Waals surface area (Å²) in [7, 11) is 0. The van der Waals surface area contributed by atoms with Crippen molar-refractivity contribution in [3.05, 3.63) is 42.4 Å². The van der Waals surface area contributed by atoms with Gasteiger partial charge in [-0.15, -0.1) is 0 Å². The lowest BCUT2D eigenvalue weighted by molar-refractivity contribution is 0.208. The average molecular weight is 310 g/mol. The highest BCUT2D eigenvalue weighted by molar-refractivity contribution is 5.35. The molecule has 0 unspecified atom stereocenters. The maximum absolute atomic E-state index is 4.66. The van der Waals surface area contributed by atoms with Crippen LogP contribution in [-0.2, 0) is 6.54 Å². The van der Waals surface area contributed by atoms with Crippen LogP contribution in [-0.4, -0.2) is 44.0 Å². The molecule has 1 aliphatic heterocycles. The van der Waals surface area contributed by atoms with Crippen molar-refractivity contribution in [3.8, 4) is 0 Å². The minimum atomic E-state index is 0.495. The Morgan fingerprint density at radius 2 is 1.91 bits per heavy atom. The molecule has 2 aromatic rings. The fourth-order valence-corrected chi connectivity index (χ4v) is 3.08. The van der Waals surface area contributed by atoms with E-state index in [1.807, 2.05) is 18.5 Å². The summed E-state index contributed by atoms with van der Waals surface area (Å²) in [6, 6.07) is 2.48. The lowest BCUT2D eigenvalue weighted by Crippen LogP contribution is -2.39. The maximum Gasteiger partial charge on any atom is 0.133 e. The van der Waals surface area contributed by atoms with Crippen LogP contribution in [0.25, 0.3) is 0 Å². The van der Waals surface area contributed by atoms with Crippen LogP contribution in [0.5, 0.6) is 0 Å². The second kappa shape index (κ2) is 6.58. The van der Waals surface area contributed by atoms with Gasteiger partial charge in [-0.3, -0.25) is 14.9 Å². The monoisotopic (exact) mass is 310 g/mol. The van der Waals surface area contributed by atoms with Crippen molar-refractivity contribution in [2.24, 2.45) is 0 Å². The third-order valence-corrected chi connectivity index (χ3v) is 4.56. The highest BCUT2D eigenvalue weighted by Gasteiger charge is 2.27. The maximum atomic E-state index is 4.66. The first kappa shape index (κ1) is 14.5. The van der Waals surface area contributed by atoms with Gasteiger partial charge in [0.05, 0.1) is 5.69 Å². The smallest absolute Gasteiger partial charge is 0.133 e. The van der Waals surface area contributed by atoms with Crippen LogP contribution in [0.15, 0.2) is 30.9 Å². The standard InChI is InChI=1S/C17H22N6/c1-2-13(1)17-20-6-3-16(22-17)21-14-4-9-23(10-5-14)12-15-11-18-7-8-19-15/h3,6-8,11,13-14H,1-2,4-5,9-10,12H2,(H,20,21,22). The molecule has 6 nitrogen and oxygen atoms in total. The van der Waals surface area contributed by atoms with Gasteiger partial charge in [-0.2, -0.15) is 0 Å². The minimum Gasteiger partial charge on any atom is -0.367 e. The van der Waals surface area contributed by atoms with Crippen LogP contribution in [0.1, 0.15) is 43.1 Å². The molecule has 0 bridgehead atoms. The van der Waals surface area contributed by atoms with Gasteiger partial charge >= 0.3 is 0 Å². The molecule has 1 saturated heterocycles. The fourth-order valence-electron chi connectivity index (χ4n) is 3.08. The zero-order chi connectivity index (χ0) is 15.5. The lowest BCUT2D eigenvalue weighted by atomic mass is 10.0. The highest BCUT2D eigenvalue weighted by atomic mass is 15.2. The molecule has 1 saturated carbocycles. The number of piperidine rings is 1. The van der Waals surface area contributed by atoms with Gasteiger partial charge in [0, 0.05) is 56.4 Å². The first-order valence-corrected chi connectivity index (χ1v) is 8.43. The molecule has 0 radical (unpaired) electrons. The fraction of sp³-hybridized carbons (Fsp3) is 0.529. The van der Waals surface area contributed by atoms with Gasteiger partial charge in [0.15, 0.2) is 0 Å². The van der Waals surface area contributed by atoms with Crippen LogP contribution in [0.2, 0.25) is 0 Å². The normalized spacial score (nSPS) is 19.7. The molecular formula is C17H22N6. The first-order chi connectivity index (χ1) is 11.4. The SMILES string of the molecule is c1cnc(CN2CCC(Nc3ccnc(C4CC4)n3)CC2)cn1. The Morgan fingerprint density at radius 3 is 2.65 bits per heavy atom. The van der Waals surface area contributed by atoms with E-state index < -0.39 is 0 Å². The van der Waals surface area contributed by atoms with Crippen LogP contribution in [0.4, 0.5) is 5.82 Å². The minimum absolute atomic E-state index is 0.495. The van der Waals surface area contributed by atoms with Crippen molar-refractivity contribution in [1.29, 1.82) is 0 Å². The number of likely N-dealkylation sites (tertiary alicyclic amines) is 1. The van der Waals surface area contributed by atoms with Crippen molar-refractivity contribution in [3.63, 3.8) is 0 Å². The summed E-state index contributed by atoms with van der Waals surface area (Å²) in [5.74, 6) is 2.59. The molecule has 6 heteroatoms. The van der Waals surface area contributed by atoms with E-state index in [9.17, 15) is 0 Å². The van der Waals surface area contributed by atoms with Crippen LogP contribution < -0.4 is 5.32 Å². The van der Waals surface area contributed by atoms with Gasteiger partial charge < -0.3 is 5.32 Å². The Labute approximate surface area is 136 Å². The molecule has 0 aromatic carbocycles. The molecule has 2 aromatic heterocycles. The summed E-state index contributed by atoms with van der Waals surface area (Å²) in [5, 5.41) is 3.58. The zero-order valence-electron chi connectivity index (χ0n) is 13.2. The second-order valence-corrected chi connectivity index (χ2v) is 6.47. The summed E-state index contributed by atoms with van der Waals surface area (Å²) in [6.45, 7) is 3.05. The Bertz CT molecular complexity index is 635. The number of aromatic nitrogens is 4. The molecule has 2 aliphatic rings. The molecule has 0 spiro atoms. The molecule has 1 N–H and O–H groups in total. The Hall–Kier alpha value is -2.08. The number of anilines is 1. The quantitative estimate of drug-likeness (QED) is 0.913. The van der Waals surface area contributed by atoms with Gasteiger partial charge in [0.25, 0.3) is 0 Å². The number of nitrogens with one attached hydrogen (secondary N) is 1. The molecule has 2 fully saturated rings. The topological polar surface area (TPSA) is 66.8 Å². The Morgan fingerprint density at radius 1 is 1.04 bits per heavy atom. The Balaban J connectivity index is 1.29. The van der Waals surface area contributed by atoms with E-state index in [4.69, 9.17) is 0 Å². The van der Waals surface area contributed by atoms with E-state index in [1.165, 1.54) is 12.8 Å². The first-order valence-electron chi connectivity index (χ1n) is 8.43. The highest BCUT2D eigenvalue weighted by Crippen LogP contribution is 2.38. The largest absolute Gasteiger partial charge is 0.367 e. The van der Waals surface area contributed by atoms with Crippen LogP contribution in [0, 0.1) is 0 Å². The molecule has 3 heterocycles. The summed E-state index contributed by atoms with van der Waals surface area (Å²) in [5.41, 5.74) is 1.05. The molecule has 4 rings (SSSR count). The predicted molar refractivity (Wildman–Crippen MR) is 88.0 cm³/mol. The van der Waals surface area contributed by atoms with E-state index in [1.54, 1.807) is 12.4 Å². The van der Waals surface area contributed by atoms with Crippen molar-refractivity contribution < 1.29 is 0 Å². The number of hydrogen-bond acceptors (Lipinski definition) is 6. The van der Waals surface area contributed by atoms with E-state index in [2.05, 4.69) is 30.2 Å². The molecule has 1 aliphatic carbocycles. The van der Waals surface area contributed by atoms with Crippen molar-refractivity contribution in [1.82, 2.24) is 24.8 Å². The molecule has 0 atom stereocenters.